The summed E-state index contributed by atoms with van der Waals surface area (Å²) in [5, 5.41) is 34.2. The van der Waals surface area contributed by atoms with E-state index in [-0.39, 0.29) is 17.0 Å². The van der Waals surface area contributed by atoms with E-state index >= 15 is 0 Å². The summed E-state index contributed by atoms with van der Waals surface area (Å²) < 4.78 is 27.9. The highest BCUT2D eigenvalue weighted by Gasteiger charge is 2.44. The molecule has 4 N–H and O–H groups in total. The predicted octanol–water partition coefficient (Wildman–Crippen LogP) is 3.58. The molecule has 2 aromatic rings. The van der Waals surface area contributed by atoms with Crippen LogP contribution in [0.3, 0.4) is 0 Å². The molecule has 0 saturated carbocycles. The predicted molar refractivity (Wildman–Crippen MR) is 125 cm³/mol. The number of amides is 1. The molecule has 1 heterocycles. The van der Waals surface area contributed by atoms with Crippen molar-refractivity contribution < 1.29 is 18.7 Å². The number of benzene rings is 2. The van der Waals surface area contributed by atoms with Gasteiger partial charge >= 0.3 is 0 Å². The van der Waals surface area contributed by atoms with E-state index in [0.29, 0.717) is 23.4 Å². The van der Waals surface area contributed by atoms with Gasteiger partial charge in [0.25, 0.3) is 5.91 Å². The summed E-state index contributed by atoms with van der Waals surface area (Å²) in [7, 11) is 1.66. The van der Waals surface area contributed by atoms with Crippen LogP contribution in [-0.2, 0) is 0 Å². The van der Waals surface area contributed by atoms with Gasteiger partial charge in [-0.3, -0.25) is 4.79 Å². The first-order valence-electron chi connectivity index (χ1n) is 10.8. The number of aliphatic hydroxyl groups is 1. The van der Waals surface area contributed by atoms with Crippen molar-refractivity contribution in [3.63, 3.8) is 0 Å². The van der Waals surface area contributed by atoms with E-state index in [1.165, 1.54) is 24.3 Å². The molecule has 1 unspecified atom stereocenters. The third kappa shape index (κ3) is 4.92. The summed E-state index contributed by atoms with van der Waals surface area (Å²) in [4.78, 5) is 15.0. The molecule has 1 amide bonds. The molecule has 34 heavy (non-hydrogen) atoms. The van der Waals surface area contributed by atoms with Gasteiger partial charge in [0.2, 0.25) is 0 Å². The lowest BCUT2D eigenvalue weighted by Gasteiger charge is -2.45. The zero-order chi connectivity index (χ0) is 25.0. The molecule has 9 heteroatoms. The molecule has 178 valence electrons. The highest BCUT2D eigenvalue weighted by molar-refractivity contribution is 5.99. The molecule has 1 aliphatic rings. The third-order valence-corrected chi connectivity index (χ3v) is 5.66. The number of carbonyl (C=O) groups is 1. The van der Waals surface area contributed by atoms with E-state index in [2.05, 4.69) is 10.6 Å². The zero-order valence-corrected chi connectivity index (χ0v) is 19.1. The van der Waals surface area contributed by atoms with E-state index in [4.69, 9.17) is 10.7 Å². The first kappa shape index (κ1) is 24.9. The fourth-order valence-electron chi connectivity index (χ4n) is 4.31. The minimum Gasteiger partial charge on any atom is -0.394 e. The molecule has 3 rings (SSSR count). The van der Waals surface area contributed by atoms with Crippen LogP contribution in [0.5, 0.6) is 0 Å². The van der Waals surface area contributed by atoms with E-state index in [0.717, 1.165) is 18.3 Å². The van der Waals surface area contributed by atoms with Crippen molar-refractivity contribution >= 4 is 17.8 Å². The van der Waals surface area contributed by atoms with E-state index < -0.39 is 35.7 Å². The van der Waals surface area contributed by atoms with Gasteiger partial charge in [-0.15, -0.1) is 0 Å². The third-order valence-electron chi connectivity index (χ3n) is 5.66. The molecule has 1 aliphatic heterocycles. The molecular formula is C25H27F2N5O2. The molecule has 3 atom stereocenters. The molecule has 0 bridgehead atoms. The van der Waals surface area contributed by atoms with E-state index in [1.54, 1.807) is 24.2 Å². The van der Waals surface area contributed by atoms with E-state index in [9.17, 15) is 18.7 Å². The van der Waals surface area contributed by atoms with Gasteiger partial charge in [-0.25, -0.2) is 8.78 Å². The summed E-state index contributed by atoms with van der Waals surface area (Å²) in [5.41, 5.74) is 1.10. The van der Waals surface area contributed by atoms with Crippen molar-refractivity contribution in [2.24, 2.45) is 5.92 Å². The van der Waals surface area contributed by atoms with Crippen molar-refractivity contribution in [2.75, 3.05) is 18.9 Å². The number of carbonyl (C=O) groups excluding carboxylic acids is 1. The van der Waals surface area contributed by atoms with Gasteiger partial charge in [0, 0.05) is 42.8 Å². The van der Waals surface area contributed by atoms with E-state index in [1.807, 2.05) is 13.8 Å². The Morgan fingerprint density at radius 3 is 2.65 bits per heavy atom. The monoisotopic (exact) mass is 467 g/mol. The molecule has 0 aliphatic carbocycles. The Labute approximate surface area is 197 Å². The zero-order valence-electron chi connectivity index (χ0n) is 19.1. The van der Waals surface area contributed by atoms with Crippen LogP contribution in [0.25, 0.3) is 0 Å². The van der Waals surface area contributed by atoms with Crippen molar-refractivity contribution in [2.45, 2.75) is 32.0 Å². The average molecular weight is 468 g/mol. The van der Waals surface area contributed by atoms with Gasteiger partial charge in [-0.1, -0.05) is 19.9 Å². The van der Waals surface area contributed by atoms with Gasteiger partial charge in [-0.05, 0) is 41.8 Å². The second kappa shape index (κ2) is 10.4. The van der Waals surface area contributed by atoms with Crippen LogP contribution >= 0.6 is 0 Å². The summed E-state index contributed by atoms with van der Waals surface area (Å²) >= 11 is 0. The maximum atomic E-state index is 14.1. The number of hydrogen-bond donors (Lipinski definition) is 4. The fraction of sp³-hybridized carbons (Fsp3) is 0.320. The summed E-state index contributed by atoms with van der Waals surface area (Å²) in [6.07, 6.45) is 1.37. The van der Waals surface area contributed by atoms with Gasteiger partial charge in [-0.2, -0.15) is 5.26 Å². The maximum Gasteiger partial charge on any atom is 0.254 e. The average Bonchev–Trinajstić information content (AvgIpc) is 2.80. The second-order valence-corrected chi connectivity index (χ2v) is 8.53. The summed E-state index contributed by atoms with van der Waals surface area (Å²) in [6, 6.07) is 8.63. The Bertz CT molecular complexity index is 1160. The number of nitrogens with zero attached hydrogens (tertiary/aromatic N) is 2. The first-order valence-corrected chi connectivity index (χ1v) is 10.8. The Kier molecular flexibility index (Phi) is 7.64. The van der Waals surface area contributed by atoms with Crippen LogP contribution in [0.15, 0.2) is 48.2 Å². The SMILES string of the molecule is CN/C=C(\C=N)[C@@H]1[C@@H](C(O)Nc2ccc(F)c(C#N)c2)c2ccc(F)cc2C(=O)N1CC(C)C. The standard InChI is InChI=1S/C25H27F2N5O2/c1-14(2)13-32-23(16(11-29)12-30-3)22(19-6-4-17(26)9-20(19)25(32)34)24(33)31-18-5-7-21(27)15(8-18)10-28/h4-9,11-12,14,22-24,29-31,33H,13H2,1-3H3/b16-12+,29-11?/t22-,23+,24?/m0/s1. The number of nitrogens with one attached hydrogen (secondary N) is 3. The van der Waals surface area contributed by atoms with Crippen molar-refractivity contribution in [1.82, 2.24) is 10.2 Å². The number of nitriles is 1. The fourth-order valence-corrected chi connectivity index (χ4v) is 4.31. The van der Waals surface area contributed by atoms with Gasteiger partial charge < -0.3 is 26.0 Å². The molecular weight excluding hydrogens is 440 g/mol. The lowest BCUT2D eigenvalue weighted by molar-refractivity contribution is 0.0520. The maximum absolute atomic E-state index is 14.1. The Morgan fingerprint density at radius 2 is 2.03 bits per heavy atom. The topological polar surface area (TPSA) is 112 Å². The first-order chi connectivity index (χ1) is 16.2. The Balaban J connectivity index is 2.17. The van der Waals surface area contributed by atoms with Crippen molar-refractivity contribution in [1.29, 1.82) is 10.7 Å². The van der Waals surface area contributed by atoms with Crippen molar-refractivity contribution in [3.8, 4) is 6.07 Å². The summed E-state index contributed by atoms with van der Waals surface area (Å²) in [6.45, 7) is 4.18. The molecule has 0 fully saturated rings. The number of fused-ring (bicyclic) bond motifs is 1. The molecule has 0 spiro atoms. The number of rotatable bonds is 8. The number of aliphatic hydroxyl groups excluding tert-OH is 1. The van der Waals surface area contributed by atoms with Gasteiger partial charge in [0.05, 0.1) is 17.5 Å². The normalized spacial score (nSPS) is 18.8. The largest absolute Gasteiger partial charge is 0.394 e. The van der Waals surface area contributed by atoms with Crippen LogP contribution in [0.2, 0.25) is 0 Å². The van der Waals surface area contributed by atoms with Crippen LogP contribution in [0.4, 0.5) is 14.5 Å². The minimum atomic E-state index is -1.32. The Morgan fingerprint density at radius 1 is 1.29 bits per heavy atom. The lowest BCUT2D eigenvalue weighted by atomic mass is 9.78. The van der Waals surface area contributed by atoms with Crippen LogP contribution in [0, 0.1) is 34.3 Å². The van der Waals surface area contributed by atoms with Gasteiger partial charge in [0.15, 0.2) is 0 Å². The highest BCUT2D eigenvalue weighted by Crippen LogP contribution is 2.39. The minimum absolute atomic E-state index is 0.0594. The second-order valence-electron chi connectivity index (χ2n) is 8.53. The molecule has 0 aromatic heterocycles. The van der Waals surface area contributed by atoms with Gasteiger partial charge in [0.1, 0.15) is 23.9 Å². The number of halogens is 2. The summed E-state index contributed by atoms with van der Waals surface area (Å²) in [5.74, 6) is -2.40. The highest BCUT2D eigenvalue weighted by atomic mass is 19.1. The number of hydrogen-bond acceptors (Lipinski definition) is 6. The smallest absolute Gasteiger partial charge is 0.254 e. The molecule has 2 aromatic carbocycles. The van der Waals surface area contributed by atoms with Crippen LogP contribution < -0.4 is 10.6 Å². The quantitative estimate of drug-likeness (QED) is 0.350. The molecule has 7 nitrogen and oxygen atoms in total. The Hall–Kier alpha value is -3.77. The van der Waals surface area contributed by atoms with Crippen LogP contribution in [0.1, 0.15) is 41.3 Å². The van der Waals surface area contributed by atoms with Crippen LogP contribution in [-0.4, -0.2) is 48.0 Å². The lowest BCUT2D eigenvalue weighted by Crippen LogP contribution is -2.54. The van der Waals surface area contributed by atoms with Crippen molar-refractivity contribution in [3.05, 3.63) is 76.5 Å². The molecule has 0 radical (unpaired) electrons. The number of anilines is 1. The molecule has 0 saturated heterocycles.